The molecular weight excluding hydrogens is 256 g/mol. The van der Waals surface area contributed by atoms with Gasteiger partial charge in [0.15, 0.2) is 5.78 Å². The molecule has 0 bridgehead atoms. The number of rotatable bonds is 5. The van der Waals surface area contributed by atoms with Gasteiger partial charge < -0.3 is 0 Å². The quantitative estimate of drug-likeness (QED) is 0.668. The highest BCUT2D eigenvalue weighted by Gasteiger charge is 2.05. The van der Waals surface area contributed by atoms with E-state index < -0.39 is 0 Å². The zero-order valence-electron chi connectivity index (χ0n) is 11.0. The summed E-state index contributed by atoms with van der Waals surface area (Å²) in [6.07, 6.45) is 2.64. The third-order valence-electron chi connectivity index (χ3n) is 3.14. The van der Waals surface area contributed by atoms with Crippen molar-refractivity contribution in [2.45, 2.75) is 26.2 Å². The van der Waals surface area contributed by atoms with Crippen LogP contribution in [-0.4, -0.2) is 5.78 Å². The minimum Gasteiger partial charge on any atom is -0.294 e. The van der Waals surface area contributed by atoms with Crippen LogP contribution in [0.15, 0.2) is 48.5 Å². The minimum absolute atomic E-state index is 0.226. The maximum Gasteiger partial charge on any atom is 0.162 e. The Hall–Kier alpha value is -1.60. The van der Waals surface area contributed by atoms with Gasteiger partial charge in [0.1, 0.15) is 0 Å². The number of unbranched alkanes of at least 4 members (excludes halogenated alkanes) is 1. The Morgan fingerprint density at radius 2 is 1.47 bits per heavy atom. The lowest BCUT2D eigenvalue weighted by atomic mass is 10.0. The van der Waals surface area contributed by atoms with E-state index in [1.807, 2.05) is 48.5 Å². The SMILES string of the molecule is CCCCC(=O)c1ccc(-c2ccc(Cl)cc2)cc1. The van der Waals surface area contributed by atoms with E-state index in [0.29, 0.717) is 6.42 Å². The summed E-state index contributed by atoms with van der Waals surface area (Å²) in [4.78, 5) is 11.9. The topological polar surface area (TPSA) is 17.1 Å². The molecule has 0 spiro atoms. The van der Waals surface area contributed by atoms with Crippen molar-refractivity contribution in [3.05, 3.63) is 59.1 Å². The van der Waals surface area contributed by atoms with Gasteiger partial charge in [-0.05, 0) is 29.7 Å². The molecule has 0 unspecified atom stereocenters. The van der Waals surface area contributed by atoms with Crippen LogP contribution < -0.4 is 0 Å². The molecule has 0 saturated carbocycles. The van der Waals surface area contributed by atoms with Crippen LogP contribution in [0.4, 0.5) is 0 Å². The van der Waals surface area contributed by atoms with Crippen molar-refractivity contribution in [2.75, 3.05) is 0 Å². The molecule has 2 rings (SSSR count). The van der Waals surface area contributed by atoms with Crippen molar-refractivity contribution in [3.8, 4) is 11.1 Å². The fraction of sp³-hybridized carbons (Fsp3) is 0.235. The van der Waals surface area contributed by atoms with Crippen molar-refractivity contribution in [1.82, 2.24) is 0 Å². The van der Waals surface area contributed by atoms with Crippen molar-refractivity contribution in [3.63, 3.8) is 0 Å². The number of hydrogen-bond acceptors (Lipinski definition) is 1. The lowest BCUT2D eigenvalue weighted by Crippen LogP contribution is -1.98. The molecule has 0 heterocycles. The third-order valence-corrected chi connectivity index (χ3v) is 3.39. The number of carbonyl (C=O) groups is 1. The van der Waals surface area contributed by atoms with Gasteiger partial charge in [0.05, 0.1) is 0 Å². The zero-order valence-corrected chi connectivity index (χ0v) is 11.8. The lowest BCUT2D eigenvalue weighted by Gasteiger charge is -2.04. The summed E-state index contributed by atoms with van der Waals surface area (Å²) in [6, 6.07) is 15.5. The number of Topliss-reactive ketones (excluding diaryl/α,β-unsaturated/α-hetero) is 1. The van der Waals surface area contributed by atoms with Crippen LogP contribution in [0.1, 0.15) is 36.5 Å². The van der Waals surface area contributed by atoms with E-state index in [0.717, 1.165) is 34.6 Å². The summed E-state index contributed by atoms with van der Waals surface area (Å²) >= 11 is 5.87. The Labute approximate surface area is 119 Å². The van der Waals surface area contributed by atoms with Gasteiger partial charge in [0, 0.05) is 17.0 Å². The van der Waals surface area contributed by atoms with Gasteiger partial charge in [-0.3, -0.25) is 4.79 Å². The predicted octanol–water partition coefficient (Wildman–Crippen LogP) is 5.38. The summed E-state index contributed by atoms with van der Waals surface area (Å²) in [5.74, 6) is 0.226. The molecule has 0 radical (unpaired) electrons. The fourth-order valence-electron chi connectivity index (χ4n) is 1.97. The average molecular weight is 273 g/mol. The molecule has 0 aromatic heterocycles. The number of carbonyl (C=O) groups excluding carboxylic acids is 1. The Morgan fingerprint density at radius 1 is 0.947 bits per heavy atom. The summed E-state index contributed by atoms with van der Waals surface area (Å²) < 4.78 is 0. The maximum absolute atomic E-state index is 11.9. The van der Waals surface area contributed by atoms with E-state index in [1.165, 1.54) is 0 Å². The molecule has 0 saturated heterocycles. The van der Waals surface area contributed by atoms with Gasteiger partial charge in [-0.25, -0.2) is 0 Å². The standard InChI is InChI=1S/C17H17ClO/c1-2-3-4-17(19)15-7-5-13(6-8-15)14-9-11-16(18)12-10-14/h5-12H,2-4H2,1H3. The highest BCUT2D eigenvalue weighted by Crippen LogP contribution is 2.22. The van der Waals surface area contributed by atoms with Crippen LogP contribution in [0.2, 0.25) is 5.02 Å². The van der Waals surface area contributed by atoms with Gasteiger partial charge >= 0.3 is 0 Å². The van der Waals surface area contributed by atoms with Crippen LogP contribution in [0.5, 0.6) is 0 Å². The van der Waals surface area contributed by atoms with Crippen LogP contribution in [-0.2, 0) is 0 Å². The average Bonchev–Trinajstić information content (AvgIpc) is 2.46. The predicted molar refractivity (Wildman–Crippen MR) is 80.7 cm³/mol. The third kappa shape index (κ3) is 3.68. The molecule has 98 valence electrons. The summed E-state index contributed by atoms with van der Waals surface area (Å²) in [5, 5.41) is 0.732. The summed E-state index contributed by atoms with van der Waals surface area (Å²) in [6.45, 7) is 2.09. The smallest absolute Gasteiger partial charge is 0.162 e. The Morgan fingerprint density at radius 3 is 2.00 bits per heavy atom. The van der Waals surface area contributed by atoms with Crippen molar-refractivity contribution in [2.24, 2.45) is 0 Å². The van der Waals surface area contributed by atoms with E-state index in [2.05, 4.69) is 6.92 Å². The highest BCUT2D eigenvalue weighted by molar-refractivity contribution is 6.30. The first-order chi connectivity index (χ1) is 9.20. The van der Waals surface area contributed by atoms with Crippen molar-refractivity contribution >= 4 is 17.4 Å². The van der Waals surface area contributed by atoms with E-state index in [4.69, 9.17) is 11.6 Å². The zero-order chi connectivity index (χ0) is 13.7. The minimum atomic E-state index is 0.226. The van der Waals surface area contributed by atoms with Crippen LogP contribution in [0.25, 0.3) is 11.1 Å². The number of benzene rings is 2. The van der Waals surface area contributed by atoms with E-state index >= 15 is 0 Å². The van der Waals surface area contributed by atoms with Gasteiger partial charge in [0.25, 0.3) is 0 Å². The maximum atomic E-state index is 11.9. The highest BCUT2D eigenvalue weighted by atomic mass is 35.5. The second-order valence-corrected chi connectivity index (χ2v) is 5.05. The Bertz CT molecular complexity index is 540. The summed E-state index contributed by atoms with van der Waals surface area (Å²) in [5.41, 5.74) is 3.01. The Balaban J connectivity index is 2.14. The molecule has 0 atom stereocenters. The molecule has 0 aliphatic carbocycles. The number of hydrogen-bond donors (Lipinski definition) is 0. The Kier molecular flexibility index (Phi) is 4.75. The van der Waals surface area contributed by atoms with Crippen LogP contribution in [0.3, 0.4) is 0 Å². The lowest BCUT2D eigenvalue weighted by molar-refractivity contribution is 0.0980. The fourth-order valence-corrected chi connectivity index (χ4v) is 2.10. The molecule has 0 N–H and O–H groups in total. The van der Waals surface area contributed by atoms with E-state index in [-0.39, 0.29) is 5.78 Å². The molecule has 0 aliphatic heterocycles. The van der Waals surface area contributed by atoms with Crippen LogP contribution >= 0.6 is 11.6 Å². The molecule has 2 heteroatoms. The van der Waals surface area contributed by atoms with Crippen LogP contribution in [0, 0.1) is 0 Å². The second-order valence-electron chi connectivity index (χ2n) is 4.61. The summed E-state index contributed by atoms with van der Waals surface area (Å²) in [7, 11) is 0. The first-order valence-electron chi connectivity index (χ1n) is 6.60. The van der Waals surface area contributed by atoms with Crippen molar-refractivity contribution < 1.29 is 4.79 Å². The molecule has 0 amide bonds. The monoisotopic (exact) mass is 272 g/mol. The van der Waals surface area contributed by atoms with Gasteiger partial charge in [-0.1, -0.05) is 61.3 Å². The molecule has 19 heavy (non-hydrogen) atoms. The van der Waals surface area contributed by atoms with Gasteiger partial charge in [-0.2, -0.15) is 0 Å². The number of halogens is 1. The molecule has 0 aliphatic rings. The van der Waals surface area contributed by atoms with Crippen molar-refractivity contribution in [1.29, 1.82) is 0 Å². The van der Waals surface area contributed by atoms with E-state index in [9.17, 15) is 4.79 Å². The molecule has 0 fully saturated rings. The van der Waals surface area contributed by atoms with Gasteiger partial charge in [0.2, 0.25) is 0 Å². The first-order valence-corrected chi connectivity index (χ1v) is 6.97. The largest absolute Gasteiger partial charge is 0.294 e. The molecule has 2 aromatic carbocycles. The van der Waals surface area contributed by atoms with Gasteiger partial charge in [-0.15, -0.1) is 0 Å². The normalized spacial score (nSPS) is 10.4. The first kappa shape index (κ1) is 13.8. The molecular formula is C17H17ClO. The molecule has 1 nitrogen and oxygen atoms in total. The number of ketones is 1. The second kappa shape index (κ2) is 6.53. The van der Waals surface area contributed by atoms with E-state index in [1.54, 1.807) is 0 Å². The molecule has 2 aromatic rings.